The van der Waals surface area contributed by atoms with Crippen LogP contribution in [0.5, 0.6) is 0 Å². The summed E-state index contributed by atoms with van der Waals surface area (Å²) in [5.41, 5.74) is 0. The normalized spacial score (nSPS) is 24.5. The quantitative estimate of drug-likeness (QED) is 0.636. The monoisotopic (exact) mass is 155 g/mol. The van der Waals surface area contributed by atoms with Crippen LogP contribution in [0.3, 0.4) is 0 Å². The molecule has 1 heterocycles. The highest BCUT2D eigenvalue weighted by molar-refractivity contribution is 5.89. The van der Waals surface area contributed by atoms with Gasteiger partial charge in [0.25, 0.3) is 0 Å². The number of carbonyl (C=O) groups excluding carboxylic acids is 2. The molecule has 1 amide bonds. The van der Waals surface area contributed by atoms with E-state index < -0.39 is 0 Å². The fraction of sp³-hybridized carbons (Fsp3) is 0.750. The Kier molecular flexibility index (Phi) is 2.63. The fourth-order valence-electron chi connectivity index (χ4n) is 1.29. The average Bonchev–Trinajstić information content (AvgIpc) is 2.03. The molecule has 11 heavy (non-hydrogen) atoms. The highest BCUT2D eigenvalue weighted by Gasteiger charge is 2.22. The minimum Gasteiger partial charge on any atom is -0.346 e. The second-order valence-corrected chi connectivity index (χ2v) is 2.83. The van der Waals surface area contributed by atoms with E-state index in [0.29, 0.717) is 12.8 Å². The largest absolute Gasteiger partial charge is 0.346 e. The van der Waals surface area contributed by atoms with E-state index in [4.69, 9.17) is 0 Å². The van der Waals surface area contributed by atoms with Gasteiger partial charge in [0.1, 0.15) is 0 Å². The molecule has 3 heteroatoms. The van der Waals surface area contributed by atoms with E-state index in [0.717, 1.165) is 12.8 Å². The van der Waals surface area contributed by atoms with Gasteiger partial charge in [0.15, 0.2) is 5.78 Å². The molecule has 0 saturated carbocycles. The lowest BCUT2D eigenvalue weighted by Crippen LogP contribution is -2.43. The molecule has 1 unspecified atom stereocenters. The molecule has 1 N–H and O–H groups in total. The van der Waals surface area contributed by atoms with E-state index in [-0.39, 0.29) is 17.7 Å². The predicted octanol–water partition coefficient (Wildman–Crippen LogP) is 0.634. The van der Waals surface area contributed by atoms with Crippen LogP contribution in [0.2, 0.25) is 0 Å². The van der Waals surface area contributed by atoms with Gasteiger partial charge in [-0.2, -0.15) is 0 Å². The highest BCUT2D eigenvalue weighted by Crippen LogP contribution is 2.09. The zero-order valence-corrected chi connectivity index (χ0v) is 6.72. The second kappa shape index (κ2) is 3.51. The summed E-state index contributed by atoms with van der Waals surface area (Å²) >= 11 is 0. The number of rotatable bonds is 2. The second-order valence-electron chi connectivity index (χ2n) is 2.83. The van der Waals surface area contributed by atoms with Gasteiger partial charge in [0.05, 0.1) is 6.04 Å². The Labute approximate surface area is 66.2 Å². The van der Waals surface area contributed by atoms with E-state index in [9.17, 15) is 9.59 Å². The molecule has 0 aromatic rings. The minimum absolute atomic E-state index is 0.0167. The Morgan fingerprint density at radius 2 is 2.45 bits per heavy atom. The van der Waals surface area contributed by atoms with Gasteiger partial charge >= 0.3 is 0 Å². The molecule has 0 aromatic heterocycles. The molecule has 0 spiro atoms. The summed E-state index contributed by atoms with van der Waals surface area (Å²) in [6.45, 7) is 1.82. The lowest BCUT2D eigenvalue weighted by molar-refractivity contribution is -0.129. The SMILES string of the molecule is CCC(=O)C1CCCC(=O)N1. The first-order chi connectivity index (χ1) is 5.24. The maximum Gasteiger partial charge on any atom is 0.220 e. The molecule has 3 nitrogen and oxygen atoms in total. The first-order valence-corrected chi connectivity index (χ1v) is 4.06. The third kappa shape index (κ3) is 2.03. The van der Waals surface area contributed by atoms with Gasteiger partial charge in [-0.1, -0.05) is 6.92 Å². The number of carbonyl (C=O) groups is 2. The molecule has 62 valence electrons. The van der Waals surface area contributed by atoms with Gasteiger partial charge in [-0.15, -0.1) is 0 Å². The maximum atomic E-state index is 11.1. The van der Waals surface area contributed by atoms with Crippen LogP contribution in [0.15, 0.2) is 0 Å². The molecule has 0 bridgehead atoms. The van der Waals surface area contributed by atoms with E-state index in [2.05, 4.69) is 5.32 Å². The van der Waals surface area contributed by atoms with Crippen LogP contribution >= 0.6 is 0 Å². The Morgan fingerprint density at radius 1 is 1.73 bits per heavy atom. The highest BCUT2D eigenvalue weighted by atomic mass is 16.2. The van der Waals surface area contributed by atoms with Crippen molar-refractivity contribution in [3.8, 4) is 0 Å². The van der Waals surface area contributed by atoms with Crippen molar-refractivity contribution in [2.45, 2.75) is 38.6 Å². The van der Waals surface area contributed by atoms with Gasteiger partial charge in [-0.05, 0) is 12.8 Å². The number of hydrogen-bond acceptors (Lipinski definition) is 2. The molecular weight excluding hydrogens is 142 g/mol. The standard InChI is InChI=1S/C8H13NO2/c1-2-7(10)6-4-3-5-8(11)9-6/h6H,2-5H2,1H3,(H,9,11). The first kappa shape index (κ1) is 8.24. The zero-order valence-electron chi connectivity index (χ0n) is 6.72. The lowest BCUT2D eigenvalue weighted by Gasteiger charge is -2.21. The van der Waals surface area contributed by atoms with Crippen LogP contribution in [-0.4, -0.2) is 17.7 Å². The smallest absolute Gasteiger partial charge is 0.220 e. The maximum absolute atomic E-state index is 11.1. The van der Waals surface area contributed by atoms with E-state index in [1.165, 1.54) is 0 Å². The number of amides is 1. The summed E-state index contributed by atoms with van der Waals surface area (Å²) in [6.07, 6.45) is 2.76. The van der Waals surface area contributed by atoms with Gasteiger partial charge in [-0.3, -0.25) is 9.59 Å². The molecule has 1 atom stereocenters. The van der Waals surface area contributed by atoms with Crippen molar-refractivity contribution in [3.63, 3.8) is 0 Å². The molecule has 0 radical (unpaired) electrons. The Morgan fingerprint density at radius 3 is 3.00 bits per heavy atom. The third-order valence-corrected chi connectivity index (χ3v) is 1.97. The van der Waals surface area contributed by atoms with Gasteiger partial charge in [0, 0.05) is 12.8 Å². The van der Waals surface area contributed by atoms with Crippen molar-refractivity contribution in [2.24, 2.45) is 0 Å². The van der Waals surface area contributed by atoms with E-state index in [1.54, 1.807) is 0 Å². The van der Waals surface area contributed by atoms with Crippen molar-refractivity contribution < 1.29 is 9.59 Å². The van der Waals surface area contributed by atoms with Crippen molar-refractivity contribution >= 4 is 11.7 Å². The van der Waals surface area contributed by atoms with Crippen LogP contribution < -0.4 is 5.32 Å². The first-order valence-electron chi connectivity index (χ1n) is 4.06. The molecule has 0 aromatic carbocycles. The summed E-state index contributed by atoms with van der Waals surface area (Å²) < 4.78 is 0. The molecule has 1 saturated heterocycles. The molecular formula is C8H13NO2. The number of piperidine rings is 1. The van der Waals surface area contributed by atoms with E-state index in [1.807, 2.05) is 6.92 Å². The number of nitrogens with one attached hydrogen (secondary N) is 1. The molecule has 1 aliphatic rings. The molecule has 0 aliphatic carbocycles. The summed E-state index contributed by atoms with van der Waals surface area (Å²) in [6, 6.07) is -0.193. The Hall–Kier alpha value is -0.860. The lowest BCUT2D eigenvalue weighted by atomic mass is 9.99. The van der Waals surface area contributed by atoms with Crippen molar-refractivity contribution in [3.05, 3.63) is 0 Å². The van der Waals surface area contributed by atoms with Crippen molar-refractivity contribution in [1.29, 1.82) is 0 Å². The van der Waals surface area contributed by atoms with E-state index >= 15 is 0 Å². The summed E-state index contributed by atoms with van der Waals surface area (Å²) in [5.74, 6) is 0.168. The minimum atomic E-state index is -0.193. The van der Waals surface area contributed by atoms with Crippen molar-refractivity contribution in [2.75, 3.05) is 0 Å². The number of ketones is 1. The van der Waals surface area contributed by atoms with Crippen LogP contribution in [0.4, 0.5) is 0 Å². The number of hydrogen-bond donors (Lipinski definition) is 1. The third-order valence-electron chi connectivity index (χ3n) is 1.97. The summed E-state index contributed by atoms with van der Waals surface area (Å²) in [5, 5.41) is 2.68. The van der Waals surface area contributed by atoms with Crippen LogP contribution in [0.25, 0.3) is 0 Å². The molecule has 1 fully saturated rings. The van der Waals surface area contributed by atoms with Crippen LogP contribution in [-0.2, 0) is 9.59 Å². The zero-order chi connectivity index (χ0) is 8.27. The Balaban J connectivity index is 2.45. The average molecular weight is 155 g/mol. The van der Waals surface area contributed by atoms with Crippen LogP contribution in [0.1, 0.15) is 32.6 Å². The predicted molar refractivity (Wildman–Crippen MR) is 41.1 cm³/mol. The fourth-order valence-corrected chi connectivity index (χ4v) is 1.29. The summed E-state index contributed by atoms with van der Waals surface area (Å²) in [7, 11) is 0. The number of Topliss-reactive ketones (excluding diaryl/α,β-unsaturated/α-hetero) is 1. The Bertz CT molecular complexity index is 177. The molecule has 1 aliphatic heterocycles. The molecule has 1 rings (SSSR count). The van der Waals surface area contributed by atoms with Crippen LogP contribution in [0, 0.1) is 0 Å². The van der Waals surface area contributed by atoms with Gasteiger partial charge < -0.3 is 5.32 Å². The van der Waals surface area contributed by atoms with Crippen molar-refractivity contribution in [1.82, 2.24) is 5.32 Å². The van der Waals surface area contributed by atoms with Gasteiger partial charge in [-0.25, -0.2) is 0 Å². The van der Waals surface area contributed by atoms with Gasteiger partial charge in [0.2, 0.25) is 5.91 Å². The summed E-state index contributed by atoms with van der Waals surface area (Å²) in [4.78, 5) is 21.9. The topological polar surface area (TPSA) is 46.2 Å².